The van der Waals surface area contributed by atoms with Crippen LogP contribution in [0.2, 0.25) is 0 Å². The van der Waals surface area contributed by atoms with E-state index in [-0.39, 0.29) is 12.1 Å². The van der Waals surface area contributed by atoms with E-state index in [1.165, 1.54) is 84.4 Å². The Morgan fingerprint density at radius 2 is 1.64 bits per heavy atom. The minimum Gasteiger partial charge on any atom is -0.313 e. The summed E-state index contributed by atoms with van der Waals surface area (Å²) in [5.41, 5.74) is 15.0. The van der Waals surface area contributed by atoms with Crippen LogP contribution in [0.4, 0.5) is 0 Å². The van der Waals surface area contributed by atoms with Gasteiger partial charge in [0.15, 0.2) is 0 Å². The Kier molecular flexibility index (Phi) is 5.26. The summed E-state index contributed by atoms with van der Waals surface area (Å²) >= 11 is 1.94. The molecule has 6 aromatic rings. The molecule has 0 spiro atoms. The van der Waals surface area contributed by atoms with Crippen LogP contribution >= 0.6 is 11.8 Å². The number of aryl methyl sites for hydroxylation is 1. The molecule has 0 unspecified atom stereocenters. The highest BCUT2D eigenvalue weighted by Crippen LogP contribution is 2.41. The maximum absolute atomic E-state index is 4.68. The molecular formula is C38H31BN2S. The van der Waals surface area contributed by atoms with Crippen LogP contribution in [0.5, 0.6) is 0 Å². The Bertz CT molecular complexity index is 2060. The highest BCUT2D eigenvalue weighted by atomic mass is 32.2. The van der Waals surface area contributed by atoms with Gasteiger partial charge in [0.1, 0.15) is 0 Å². The van der Waals surface area contributed by atoms with E-state index in [9.17, 15) is 0 Å². The highest BCUT2D eigenvalue weighted by molar-refractivity contribution is 8.00. The van der Waals surface area contributed by atoms with Gasteiger partial charge in [0.2, 0.25) is 6.71 Å². The van der Waals surface area contributed by atoms with Crippen molar-refractivity contribution in [3.63, 3.8) is 0 Å². The molecule has 0 N–H and O–H groups in total. The van der Waals surface area contributed by atoms with E-state index in [1.807, 2.05) is 24.0 Å². The third-order valence-electron chi connectivity index (χ3n) is 9.99. The van der Waals surface area contributed by atoms with Gasteiger partial charge in [0.05, 0.1) is 11.2 Å². The minimum absolute atomic E-state index is 0.104. The second-order valence-electron chi connectivity index (χ2n) is 12.6. The molecule has 0 bridgehead atoms. The summed E-state index contributed by atoms with van der Waals surface area (Å²) in [6.07, 6.45) is 6.78. The number of fused-ring (bicyclic) bond motifs is 7. The number of pyridine rings is 1. The van der Waals surface area contributed by atoms with Gasteiger partial charge in [-0.2, -0.15) is 0 Å². The van der Waals surface area contributed by atoms with Crippen molar-refractivity contribution in [3.8, 4) is 16.9 Å². The lowest BCUT2D eigenvalue weighted by atomic mass is 9.31. The van der Waals surface area contributed by atoms with Gasteiger partial charge in [-0.05, 0) is 90.9 Å². The Hall–Kier alpha value is -4.02. The van der Waals surface area contributed by atoms with Crippen LogP contribution in [0, 0.1) is 0 Å². The van der Waals surface area contributed by atoms with Crippen molar-refractivity contribution in [1.29, 1.82) is 0 Å². The van der Waals surface area contributed by atoms with Gasteiger partial charge < -0.3 is 4.57 Å². The molecule has 3 aliphatic rings. The van der Waals surface area contributed by atoms with Crippen molar-refractivity contribution in [3.05, 3.63) is 126 Å². The molecule has 0 radical (unpaired) electrons. The average molecular weight is 559 g/mol. The summed E-state index contributed by atoms with van der Waals surface area (Å²) in [5.74, 6) is 0. The van der Waals surface area contributed by atoms with Gasteiger partial charge in [-0.25, -0.2) is 0 Å². The normalized spacial score (nSPS) is 16.0. The van der Waals surface area contributed by atoms with Crippen molar-refractivity contribution < 1.29 is 0 Å². The Balaban J connectivity index is 1.28. The van der Waals surface area contributed by atoms with Gasteiger partial charge >= 0.3 is 0 Å². The number of benzene rings is 4. The highest BCUT2D eigenvalue weighted by Gasteiger charge is 2.44. The molecule has 0 amide bonds. The molecule has 202 valence electrons. The van der Waals surface area contributed by atoms with Crippen LogP contribution in [0.15, 0.2) is 113 Å². The maximum atomic E-state index is 4.68. The second kappa shape index (κ2) is 8.99. The fraction of sp³-hybridized carbons (Fsp3) is 0.184. The van der Waals surface area contributed by atoms with Crippen LogP contribution in [-0.2, 0) is 18.3 Å². The van der Waals surface area contributed by atoms with E-state index in [0.29, 0.717) is 0 Å². The Morgan fingerprint density at radius 1 is 0.762 bits per heavy atom. The number of hydrogen-bond donors (Lipinski definition) is 0. The molecule has 4 aromatic carbocycles. The van der Waals surface area contributed by atoms with Gasteiger partial charge in [-0.1, -0.05) is 90.5 Å². The summed E-state index contributed by atoms with van der Waals surface area (Å²) in [7, 11) is 0. The van der Waals surface area contributed by atoms with Gasteiger partial charge in [-0.3, -0.25) is 4.98 Å². The number of para-hydroxylation sites is 1. The van der Waals surface area contributed by atoms with E-state index < -0.39 is 0 Å². The molecule has 9 rings (SSSR count). The van der Waals surface area contributed by atoms with Crippen molar-refractivity contribution in [1.82, 2.24) is 9.55 Å². The molecule has 2 nitrogen and oxygen atoms in total. The molecule has 4 heterocycles. The van der Waals surface area contributed by atoms with Crippen molar-refractivity contribution in [2.45, 2.75) is 54.7 Å². The molecule has 2 aromatic heterocycles. The SMILES string of the molecule is CC1(C)c2cc(-c3ccccn3)ccc2B2c3cc(-n4c5c(c6ccccc64)CCCC5)ccc3Sc3cccc1c32. The lowest BCUT2D eigenvalue weighted by molar-refractivity contribution is 0.644. The van der Waals surface area contributed by atoms with E-state index in [1.54, 1.807) is 5.56 Å². The molecule has 4 heteroatoms. The van der Waals surface area contributed by atoms with Crippen molar-refractivity contribution in [2.75, 3.05) is 0 Å². The first-order chi connectivity index (χ1) is 20.6. The fourth-order valence-corrected chi connectivity index (χ4v) is 9.20. The summed E-state index contributed by atoms with van der Waals surface area (Å²) in [4.78, 5) is 7.45. The van der Waals surface area contributed by atoms with Crippen LogP contribution in [0.25, 0.3) is 27.8 Å². The lowest BCUT2D eigenvalue weighted by Gasteiger charge is -2.42. The number of nitrogens with zero attached hydrogens (tertiary/aromatic N) is 2. The molecule has 2 aliphatic heterocycles. The minimum atomic E-state index is -0.104. The summed E-state index contributed by atoms with van der Waals surface area (Å²) in [6.45, 7) is 5.01. The standard InChI is InChI=1S/C38H31BN2S/c1-38(2)28-12-9-16-36-37(28)39(30-19-17-24(22-29(30)38)32-13-7-8-21-40-32)31-23-25(18-20-35(31)42-36)41-33-14-5-3-10-26(33)27-11-4-6-15-34(27)41/h3,5,7-10,12-14,16-23H,4,6,11,15H2,1-2H3. The first kappa shape index (κ1) is 24.6. The fourth-order valence-electron chi connectivity index (χ4n) is 8.04. The predicted molar refractivity (Wildman–Crippen MR) is 177 cm³/mol. The van der Waals surface area contributed by atoms with E-state index in [2.05, 4.69) is 114 Å². The first-order valence-corrected chi connectivity index (χ1v) is 16.0. The van der Waals surface area contributed by atoms with Crippen LogP contribution in [0.3, 0.4) is 0 Å². The Labute approximate surface area is 251 Å². The third kappa shape index (κ3) is 3.39. The van der Waals surface area contributed by atoms with Gasteiger partial charge in [-0.15, -0.1) is 0 Å². The topological polar surface area (TPSA) is 17.8 Å². The van der Waals surface area contributed by atoms with Crippen molar-refractivity contribution in [2.24, 2.45) is 0 Å². The molecule has 0 atom stereocenters. The lowest BCUT2D eigenvalue weighted by Crippen LogP contribution is -2.62. The van der Waals surface area contributed by atoms with Gasteiger partial charge in [0.25, 0.3) is 0 Å². The van der Waals surface area contributed by atoms with Crippen LogP contribution < -0.4 is 16.4 Å². The molecule has 0 fully saturated rings. The molecule has 1 aliphatic carbocycles. The van der Waals surface area contributed by atoms with E-state index in [0.717, 1.165) is 12.1 Å². The zero-order valence-electron chi connectivity index (χ0n) is 24.0. The number of aromatic nitrogens is 2. The smallest absolute Gasteiger partial charge is 0.245 e. The quantitative estimate of drug-likeness (QED) is 0.209. The van der Waals surface area contributed by atoms with E-state index in [4.69, 9.17) is 0 Å². The monoisotopic (exact) mass is 558 g/mol. The molecular weight excluding hydrogens is 527 g/mol. The largest absolute Gasteiger partial charge is 0.313 e. The van der Waals surface area contributed by atoms with Crippen LogP contribution in [-0.4, -0.2) is 16.3 Å². The zero-order valence-corrected chi connectivity index (χ0v) is 24.8. The van der Waals surface area contributed by atoms with Crippen LogP contribution in [0.1, 0.15) is 49.1 Å². The summed E-state index contributed by atoms with van der Waals surface area (Å²) in [5, 5.41) is 1.43. The number of hydrogen-bond acceptors (Lipinski definition) is 2. The molecule has 0 saturated heterocycles. The molecule has 0 saturated carbocycles. The predicted octanol–water partition coefficient (Wildman–Crippen LogP) is 7.19. The van der Waals surface area contributed by atoms with Crippen molar-refractivity contribution >= 4 is 45.8 Å². The number of rotatable bonds is 2. The summed E-state index contributed by atoms with van der Waals surface area (Å²) in [6, 6.07) is 36.5. The van der Waals surface area contributed by atoms with E-state index >= 15 is 0 Å². The Morgan fingerprint density at radius 3 is 2.55 bits per heavy atom. The maximum Gasteiger partial charge on any atom is 0.245 e. The molecule has 42 heavy (non-hydrogen) atoms. The second-order valence-corrected chi connectivity index (χ2v) is 13.7. The van der Waals surface area contributed by atoms with Gasteiger partial charge in [0, 0.05) is 43.7 Å². The first-order valence-electron chi connectivity index (χ1n) is 15.2. The average Bonchev–Trinajstić information content (AvgIpc) is 3.37. The third-order valence-corrected chi connectivity index (χ3v) is 11.2. The summed E-state index contributed by atoms with van der Waals surface area (Å²) < 4.78 is 2.58. The zero-order chi connectivity index (χ0) is 28.0.